The lowest BCUT2D eigenvalue weighted by Crippen LogP contribution is -2.44. The van der Waals surface area contributed by atoms with Gasteiger partial charge in [-0.15, -0.1) is 0 Å². The largest absolute Gasteiger partial charge is 0.377 e. The van der Waals surface area contributed by atoms with Crippen molar-refractivity contribution in [3.63, 3.8) is 0 Å². The van der Waals surface area contributed by atoms with Crippen molar-refractivity contribution >= 4 is 5.82 Å². The number of hydrogen-bond donors (Lipinski definition) is 0. The zero-order chi connectivity index (χ0) is 9.10. The molecule has 0 spiro atoms. The summed E-state index contributed by atoms with van der Waals surface area (Å²) in [5.74, 6) is 0.991. The zero-order valence-corrected chi connectivity index (χ0v) is 7.68. The molecule has 70 valence electrons. The highest BCUT2D eigenvalue weighted by Crippen LogP contribution is 2.14. The molecular weight excluding hydrogens is 166 g/mol. The molecule has 4 heteroatoms. The first-order chi connectivity index (χ1) is 6.38. The lowest BCUT2D eigenvalue weighted by Gasteiger charge is -2.33. The van der Waals surface area contributed by atoms with Crippen molar-refractivity contribution in [2.45, 2.75) is 13.0 Å². The molecule has 4 nitrogen and oxygen atoms in total. The van der Waals surface area contributed by atoms with Gasteiger partial charge < -0.3 is 9.64 Å². The van der Waals surface area contributed by atoms with Crippen LogP contribution in [0.15, 0.2) is 18.6 Å². The van der Waals surface area contributed by atoms with E-state index in [2.05, 4.69) is 21.8 Å². The van der Waals surface area contributed by atoms with E-state index in [1.54, 1.807) is 12.5 Å². The molecule has 1 saturated heterocycles. The third-order valence-corrected chi connectivity index (χ3v) is 2.23. The standard InChI is InChI=1S/C9H13N3O/c1-8-6-13-5-4-12(8)9-2-3-10-7-11-9/h2-3,7-8H,4-6H2,1H3. The molecule has 0 aromatic carbocycles. The molecule has 2 rings (SSSR count). The van der Waals surface area contributed by atoms with Gasteiger partial charge in [-0.1, -0.05) is 0 Å². The van der Waals surface area contributed by atoms with Gasteiger partial charge in [-0.25, -0.2) is 9.97 Å². The Bertz CT molecular complexity index is 265. The monoisotopic (exact) mass is 179 g/mol. The van der Waals surface area contributed by atoms with Crippen molar-refractivity contribution < 1.29 is 4.74 Å². The SMILES string of the molecule is CC1COCCN1c1ccncn1. The number of ether oxygens (including phenoxy) is 1. The second-order valence-electron chi connectivity index (χ2n) is 3.18. The summed E-state index contributed by atoms with van der Waals surface area (Å²) in [7, 11) is 0. The molecular formula is C9H13N3O. The molecule has 1 fully saturated rings. The van der Waals surface area contributed by atoms with Crippen molar-refractivity contribution in [3.8, 4) is 0 Å². The molecule has 13 heavy (non-hydrogen) atoms. The van der Waals surface area contributed by atoms with Gasteiger partial charge in [-0.05, 0) is 13.0 Å². The summed E-state index contributed by atoms with van der Waals surface area (Å²) in [5.41, 5.74) is 0. The average molecular weight is 179 g/mol. The van der Waals surface area contributed by atoms with E-state index in [-0.39, 0.29) is 0 Å². The number of rotatable bonds is 1. The van der Waals surface area contributed by atoms with Gasteiger partial charge in [0.25, 0.3) is 0 Å². The number of anilines is 1. The van der Waals surface area contributed by atoms with Crippen LogP contribution in [0.25, 0.3) is 0 Å². The number of morpholine rings is 1. The van der Waals surface area contributed by atoms with Crippen LogP contribution in [0.5, 0.6) is 0 Å². The number of nitrogens with zero attached hydrogens (tertiary/aromatic N) is 3. The average Bonchev–Trinajstić information content (AvgIpc) is 2.20. The fourth-order valence-corrected chi connectivity index (χ4v) is 1.52. The summed E-state index contributed by atoms with van der Waals surface area (Å²) in [6.45, 7) is 4.62. The maximum atomic E-state index is 5.35. The van der Waals surface area contributed by atoms with Crippen LogP contribution in [0.4, 0.5) is 5.82 Å². The second kappa shape index (κ2) is 3.70. The van der Waals surface area contributed by atoms with Crippen LogP contribution in [0.2, 0.25) is 0 Å². The van der Waals surface area contributed by atoms with E-state index in [1.165, 1.54) is 0 Å². The van der Waals surface area contributed by atoms with Gasteiger partial charge in [0.1, 0.15) is 12.1 Å². The van der Waals surface area contributed by atoms with Crippen LogP contribution in [-0.2, 0) is 4.74 Å². The van der Waals surface area contributed by atoms with Gasteiger partial charge in [0.2, 0.25) is 0 Å². The molecule has 1 aliphatic rings. The van der Waals surface area contributed by atoms with E-state index in [9.17, 15) is 0 Å². The van der Waals surface area contributed by atoms with E-state index in [4.69, 9.17) is 4.74 Å². The molecule has 0 N–H and O–H groups in total. The van der Waals surface area contributed by atoms with Crippen LogP contribution in [0.3, 0.4) is 0 Å². The minimum atomic E-state index is 0.406. The Morgan fingerprint density at radius 3 is 3.23 bits per heavy atom. The quantitative estimate of drug-likeness (QED) is 0.636. The Morgan fingerprint density at radius 1 is 1.62 bits per heavy atom. The lowest BCUT2D eigenvalue weighted by atomic mass is 10.2. The first-order valence-corrected chi connectivity index (χ1v) is 4.48. The van der Waals surface area contributed by atoms with Crippen molar-refractivity contribution in [2.75, 3.05) is 24.7 Å². The Kier molecular flexibility index (Phi) is 2.40. The first-order valence-electron chi connectivity index (χ1n) is 4.48. The maximum Gasteiger partial charge on any atom is 0.132 e. The lowest BCUT2D eigenvalue weighted by molar-refractivity contribution is 0.0985. The highest BCUT2D eigenvalue weighted by molar-refractivity contribution is 5.38. The van der Waals surface area contributed by atoms with Gasteiger partial charge in [-0.2, -0.15) is 0 Å². The topological polar surface area (TPSA) is 38.2 Å². The summed E-state index contributed by atoms with van der Waals surface area (Å²) in [4.78, 5) is 10.3. The molecule has 0 saturated carbocycles. The Hall–Kier alpha value is -1.16. The Labute approximate surface area is 77.6 Å². The van der Waals surface area contributed by atoms with Crippen molar-refractivity contribution in [2.24, 2.45) is 0 Å². The van der Waals surface area contributed by atoms with Crippen molar-refractivity contribution in [3.05, 3.63) is 18.6 Å². The first kappa shape index (κ1) is 8.44. The van der Waals surface area contributed by atoms with Crippen LogP contribution in [0, 0.1) is 0 Å². The van der Waals surface area contributed by atoms with E-state index < -0.39 is 0 Å². The smallest absolute Gasteiger partial charge is 0.132 e. The molecule has 1 aromatic heterocycles. The van der Waals surface area contributed by atoms with Crippen LogP contribution < -0.4 is 4.90 Å². The third kappa shape index (κ3) is 1.78. The van der Waals surface area contributed by atoms with Gasteiger partial charge in [-0.3, -0.25) is 0 Å². The molecule has 0 amide bonds. The summed E-state index contributed by atoms with van der Waals surface area (Å²) in [5, 5.41) is 0. The predicted octanol–water partition coefficient (Wildman–Crippen LogP) is 0.702. The molecule has 1 atom stereocenters. The maximum absolute atomic E-state index is 5.35. The van der Waals surface area contributed by atoms with E-state index in [1.807, 2.05) is 6.07 Å². The molecule has 2 heterocycles. The summed E-state index contributed by atoms with van der Waals surface area (Å²) in [6.07, 6.45) is 3.35. The van der Waals surface area contributed by atoms with E-state index >= 15 is 0 Å². The predicted molar refractivity (Wildman–Crippen MR) is 49.7 cm³/mol. The molecule has 0 bridgehead atoms. The molecule has 0 aliphatic carbocycles. The molecule has 1 aliphatic heterocycles. The Balaban J connectivity index is 2.15. The number of hydrogen-bond acceptors (Lipinski definition) is 4. The van der Waals surface area contributed by atoms with Crippen LogP contribution in [0.1, 0.15) is 6.92 Å². The fraction of sp³-hybridized carbons (Fsp3) is 0.556. The third-order valence-electron chi connectivity index (χ3n) is 2.23. The van der Waals surface area contributed by atoms with Crippen molar-refractivity contribution in [1.82, 2.24) is 9.97 Å². The summed E-state index contributed by atoms with van der Waals surface area (Å²) >= 11 is 0. The fourth-order valence-electron chi connectivity index (χ4n) is 1.52. The van der Waals surface area contributed by atoms with Gasteiger partial charge >= 0.3 is 0 Å². The summed E-state index contributed by atoms with van der Waals surface area (Å²) in [6, 6.07) is 2.34. The Morgan fingerprint density at radius 2 is 2.54 bits per heavy atom. The number of aromatic nitrogens is 2. The second-order valence-corrected chi connectivity index (χ2v) is 3.18. The molecule has 0 radical (unpaired) electrons. The highest BCUT2D eigenvalue weighted by atomic mass is 16.5. The normalized spacial score (nSPS) is 23.2. The highest BCUT2D eigenvalue weighted by Gasteiger charge is 2.19. The van der Waals surface area contributed by atoms with Crippen LogP contribution in [-0.4, -0.2) is 35.8 Å². The summed E-state index contributed by atoms with van der Waals surface area (Å²) < 4.78 is 5.35. The van der Waals surface area contributed by atoms with Crippen molar-refractivity contribution in [1.29, 1.82) is 0 Å². The minimum absolute atomic E-state index is 0.406. The van der Waals surface area contributed by atoms with Crippen LogP contribution >= 0.6 is 0 Å². The molecule has 1 unspecified atom stereocenters. The van der Waals surface area contributed by atoms with E-state index in [0.717, 1.165) is 25.6 Å². The van der Waals surface area contributed by atoms with Gasteiger partial charge in [0.15, 0.2) is 0 Å². The minimum Gasteiger partial charge on any atom is -0.377 e. The zero-order valence-electron chi connectivity index (χ0n) is 7.68. The van der Waals surface area contributed by atoms with E-state index in [0.29, 0.717) is 6.04 Å². The molecule has 1 aromatic rings. The van der Waals surface area contributed by atoms with Gasteiger partial charge in [0.05, 0.1) is 19.3 Å². The van der Waals surface area contributed by atoms with Gasteiger partial charge in [0, 0.05) is 12.7 Å².